The normalized spacial score (nSPS) is 21.4. The maximum Gasteiger partial charge on any atom is 0.177 e. The van der Waals surface area contributed by atoms with Crippen molar-refractivity contribution in [2.24, 2.45) is 0 Å². The van der Waals surface area contributed by atoms with E-state index in [1.807, 2.05) is 0 Å². The third kappa shape index (κ3) is 1.22. The van der Waals surface area contributed by atoms with Crippen molar-refractivity contribution in [3.05, 3.63) is 6.42 Å². The summed E-state index contributed by atoms with van der Waals surface area (Å²) in [5.74, 6) is 0.409. The molecule has 0 aromatic heterocycles. The van der Waals surface area contributed by atoms with Gasteiger partial charge >= 0.3 is 0 Å². The summed E-state index contributed by atoms with van der Waals surface area (Å²) in [6, 6.07) is 0. The molecule has 1 aliphatic carbocycles. The highest BCUT2D eigenvalue weighted by Crippen LogP contribution is 2.11. The molecule has 38 valence electrons. The molecule has 0 heterocycles. The molecule has 0 atom stereocenters. The number of rotatable bonds is 0. The topological polar surface area (TPSA) is 17.1 Å². The van der Waals surface area contributed by atoms with E-state index in [1.165, 1.54) is 0 Å². The second kappa shape index (κ2) is 2.01. The zero-order chi connectivity index (χ0) is 5.11. The molecule has 0 aromatic carbocycles. The fraction of sp³-hybridized carbons (Fsp3) is 0.667. The largest absolute Gasteiger partial charge is 0.295 e. The summed E-state index contributed by atoms with van der Waals surface area (Å²) in [6.45, 7) is 0. The first kappa shape index (κ1) is 4.69. The average molecular weight is 97.1 g/mol. The average Bonchev–Trinajstić information content (AvgIpc) is 1.69. The predicted octanol–water partition coefficient (Wildman–Crippen LogP) is 1.33. The van der Waals surface area contributed by atoms with E-state index in [0.29, 0.717) is 5.78 Å². The van der Waals surface area contributed by atoms with Gasteiger partial charge in [0.15, 0.2) is 5.78 Å². The Hall–Kier alpha value is -0.460. The summed E-state index contributed by atoms with van der Waals surface area (Å²) in [4.78, 5) is 10.4. The van der Waals surface area contributed by atoms with E-state index in [4.69, 9.17) is 0 Å². The maximum atomic E-state index is 10.4. The van der Waals surface area contributed by atoms with Crippen molar-refractivity contribution in [1.29, 1.82) is 0 Å². The first-order valence-corrected chi connectivity index (χ1v) is 2.73. The number of carbonyl (C=O) groups excluding carboxylic acids is 1. The van der Waals surface area contributed by atoms with Gasteiger partial charge in [-0.05, 0) is 6.42 Å². The Morgan fingerprint density at radius 3 is 2.71 bits per heavy atom. The van der Waals surface area contributed by atoms with Crippen LogP contribution in [0.3, 0.4) is 0 Å². The van der Waals surface area contributed by atoms with Crippen LogP contribution in [0.15, 0.2) is 0 Å². The van der Waals surface area contributed by atoms with E-state index in [2.05, 4.69) is 6.42 Å². The maximum absolute atomic E-state index is 10.4. The standard InChI is InChI=1S/C6H9O/c7-6-4-2-1-3-5-6/h2H,1,3-5H2/q+1. The summed E-state index contributed by atoms with van der Waals surface area (Å²) >= 11 is 0. The molecular weight excluding hydrogens is 88.1 g/mol. The number of ketones is 1. The molecule has 0 saturated heterocycles. The van der Waals surface area contributed by atoms with E-state index in [0.717, 1.165) is 25.7 Å². The van der Waals surface area contributed by atoms with Crippen LogP contribution in [0.2, 0.25) is 0 Å². The van der Waals surface area contributed by atoms with Crippen LogP contribution < -0.4 is 0 Å². The van der Waals surface area contributed by atoms with Crippen LogP contribution in [0, 0.1) is 6.42 Å². The molecule has 0 amide bonds. The van der Waals surface area contributed by atoms with Crippen molar-refractivity contribution in [1.82, 2.24) is 0 Å². The van der Waals surface area contributed by atoms with Gasteiger partial charge in [0.2, 0.25) is 0 Å². The third-order valence-corrected chi connectivity index (χ3v) is 1.24. The lowest BCUT2D eigenvalue weighted by atomic mass is 10.00. The van der Waals surface area contributed by atoms with E-state index < -0.39 is 0 Å². The molecule has 1 aliphatic rings. The number of hydrogen-bond donors (Lipinski definition) is 0. The van der Waals surface area contributed by atoms with Gasteiger partial charge in [-0.15, -0.1) is 0 Å². The van der Waals surface area contributed by atoms with Gasteiger partial charge in [-0.25, -0.2) is 0 Å². The smallest absolute Gasteiger partial charge is 0.177 e. The highest BCUT2D eigenvalue weighted by molar-refractivity contribution is 5.80. The lowest BCUT2D eigenvalue weighted by Crippen LogP contribution is -2.03. The van der Waals surface area contributed by atoms with Gasteiger partial charge in [0, 0.05) is 6.42 Å². The highest BCUT2D eigenvalue weighted by atomic mass is 16.1. The van der Waals surface area contributed by atoms with Crippen LogP contribution in [-0.2, 0) is 4.79 Å². The second-order valence-electron chi connectivity index (χ2n) is 1.92. The number of carbonyl (C=O) groups is 1. The Morgan fingerprint density at radius 2 is 2.43 bits per heavy atom. The van der Waals surface area contributed by atoms with Crippen molar-refractivity contribution in [2.45, 2.75) is 25.7 Å². The van der Waals surface area contributed by atoms with Gasteiger partial charge in [0.25, 0.3) is 0 Å². The second-order valence-corrected chi connectivity index (χ2v) is 1.92. The fourth-order valence-corrected chi connectivity index (χ4v) is 0.809. The Kier molecular flexibility index (Phi) is 1.35. The lowest BCUT2D eigenvalue weighted by molar-refractivity contribution is -0.119. The molecular formula is C6H9O+. The molecule has 0 unspecified atom stereocenters. The van der Waals surface area contributed by atoms with Gasteiger partial charge in [-0.2, -0.15) is 0 Å². The van der Waals surface area contributed by atoms with Crippen LogP contribution in [0.25, 0.3) is 0 Å². The molecule has 0 spiro atoms. The molecule has 7 heavy (non-hydrogen) atoms. The predicted molar refractivity (Wildman–Crippen MR) is 27.8 cm³/mol. The lowest BCUT2D eigenvalue weighted by Gasteiger charge is -1.97. The van der Waals surface area contributed by atoms with Crippen LogP contribution in [0.5, 0.6) is 0 Å². The molecule has 0 bridgehead atoms. The summed E-state index contributed by atoms with van der Waals surface area (Å²) in [5.41, 5.74) is 0. The van der Waals surface area contributed by atoms with Crippen LogP contribution in [0.1, 0.15) is 25.7 Å². The quantitative estimate of drug-likeness (QED) is 0.417. The first-order chi connectivity index (χ1) is 3.39. The van der Waals surface area contributed by atoms with E-state index in [-0.39, 0.29) is 0 Å². The minimum Gasteiger partial charge on any atom is -0.295 e. The Bertz CT molecular complexity index is 68.2. The van der Waals surface area contributed by atoms with Crippen LogP contribution in [0.4, 0.5) is 0 Å². The molecule has 0 aliphatic heterocycles. The summed E-state index contributed by atoms with van der Waals surface area (Å²) in [7, 11) is 0. The Balaban J connectivity index is 2.25. The summed E-state index contributed by atoms with van der Waals surface area (Å²) in [6.07, 6.45) is 5.83. The summed E-state index contributed by atoms with van der Waals surface area (Å²) < 4.78 is 0. The molecule has 0 radical (unpaired) electrons. The first-order valence-electron chi connectivity index (χ1n) is 2.73. The highest BCUT2D eigenvalue weighted by Gasteiger charge is 2.13. The molecule has 0 aromatic rings. The monoisotopic (exact) mass is 97.1 g/mol. The number of Topliss-reactive ketones (excluding diaryl/α,β-unsaturated/α-hetero) is 1. The zero-order valence-corrected chi connectivity index (χ0v) is 4.31. The molecule has 1 fully saturated rings. The van der Waals surface area contributed by atoms with E-state index >= 15 is 0 Å². The van der Waals surface area contributed by atoms with Gasteiger partial charge in [-0.3, -0.25) is 4.79 Å². The van der Waals surface area contributed by atoms with Gasteiger partial charge in [0.05, 0.1) is 12.8 Å². The van der Waals surface area contributed by atoms with Crippen LogP contribution in [-0.4, -0.2) is 5.78 Å². The molecule has 1 saturated carbocycles. The Morgan fingerprint density at radius 1 is 1.57 bits per heavy atom. The van der Waals surface area contributed by atoms with E-state index in [9.17, 15) is 4.79 Å². The third-order valence-electron chi connectivity index (χ3n) is 1.24. The minimum absolute atomic E-state index is 0.409. The van der Waals surface area contributed by atoms with Gasteiger partial charge in [-0.1, -0.05) is 0 Å². The van der Waals surface area contributed by atoms with E-state index in [1.54, 1.807) is 0 Å². The molecule has 1 heteroatoms. The van der Waals surface area contributed by atoms with Gasteiger partial charge in [0.1, 0.15) is 6.42 Å². The SMILES string of the molecule is O=C1C[CH+]CCC1. The number of hydrogen-bond acceptors (Lipinski definition) is 1. The van der Waals surface area contributed by atoms with Gasteiger partial charge < -0.3 is 0 Å². The molecule has 1 nitrogen and oxygen atoms in total. The van der Waals surface area contributed by atoms with Crippen molar-refractivity contribution in [3.63, 3.8) is 0 Å². The van der Waals surface area contributed by atoms with Crippen molar-refractivity contribution in [3.8, 4) is 0 Å². The van der Waals surface area contributed by atoms with Crippen molar-refractivity contribution < 1.29 is 4.79 Å². The van der Waals surface area contributed by atoms with Crippen molar-refractivity contribution >= 4 is 5.78 Å². The van der Waals surface area contributed by atoms with Crippen LogP contribution >= 0.6 is 0 Å². The fourth-order valence-electron chi connectivity index (χ4n) is 0.809. The molecule has 1 rings (SSSR count). The minimum atomic E-state index is 0.409. The Labute approximate surface area is 43.7 Å². The molecule has 0 N–H and O–H groups in total. The summed E-state index contributed by atoms with van der Waals surface area (Å²) in [5, 5.41) is 0. The van der Waals surface area contributed by atoms with Crippen molar-refractivity contribution in [2.75, 3.05) is 0 Å². The zero-order valence-electron chi connectivity index (χ0n) is 4.31.